The lowest BCUT2D eigenvalue weighted by atomic mass is 9.94. The summed E-state index contributed by atoms with van der Waals surface area (Å²) in [6.07, 6.45) is 4.70. The molecule has 0 aromatic heterocycles. The van der Waals surface area contributed by atoms with Gasteiger partial charge in [0.25, 0.3) is 0 Å². The number of carboxylic acid groups (broad SMARTS) is 1. The van der Waals surface area contributed by atoms with Gasteiger partial charge in [-0.15, -0.1) is 0 Å². The number of carboxylic acids is 1. The van der Waals surface area contributed by atoms with E-state index in [1.54, 1.807) is 0 Å². The Kier molecular flexibility index (Phi) is 5.20. The maximum absolute atomic E-state index is 12.4. The minimum atomic E-state index is -1.06. The topological polar surface area (TPSA) is 92.4 Å². The second-order valence-corrected chi connectivity index (χ2v) is 5.80. The van der Waals surface area contributed by atoms with Gasteiger partial charge in [-0.25, -0.2) is 4.79 Å². The van der Waals surface area contributed by atoms with Crippen molar-refractivity contribution in [2.45, 2.75) is 38.1 Å². The number of nitrogens with two attached hydrogens (primary N) is 1. The monoisotopic (exact) mass is 310 g/mol. The molecule has 1 amide bonds. The van der Waals surface area contributed by atoms with Crippen LogP contribution in [0.3, 0.4) is 0 Å². The van der Waals surface area contributed by atoms with Gasteiger partial charge in [0, 0.05) is 6.04 Å². The van der Waals surface area contributed by atoms with Gasteiger partial charge in [0.2, 0.25) is 5.91 Å². The van der Waals surface area contributed by atoms with E-state index in [0.717, 1.165) is 32.1 Å². The summed E-state index contributed by atoms with van der Waals surface area (Å²) in [6, 6.07) is 4.07. The SMILES string of the molecule is NC1CCCCCC1C(=O)Nc1cc(C(=O)O)ccc1Cl. The maximum atomic E-state index is 12.4. The molecule has 2 atom stereocenters. The Morgan fingerprint density at radius 3 is 2.67 bits per heavy atom. The van der Waals surface area contributed by atoms with Crippen LogP contribution in [0.4, 0.5) is 5.69 Å². The van der Waals surface area contributed by atoms with Gasteiger partial charge in [-0.05, 0) is 31.0 Å². The number of carbonyl (C=O) groups is 2. The zero-order valence-corrected chi connectivity index (χ0v) is 12.4. The molecule has 2 rings (SSSR count). The molecule has 1 aliphatic rings. The van der Waals surface area contributed by atoms with Crippen molar-refractivity contribution in [2.75, 3.05) is 5.32 Å². The molecule has 0 radical (unpaired) electrons. The Balaban J connectivity index is 2.14. The summed E-state index contributed by atoms with van der Waals surface area (Å²) in [6.45, 7) is 0. The van der Waals surface area contributed by atoms with Gasteiger partial charge in [-0.3, -0.25) is 4.79 Å². The number of halogens is 1. The molecule has 0 saturated heterocycles. The van der Waals surface area contributed by atoms with E-state index in [1.807, 2.05) is 0 Å². The summed E-state index contributed by atoms with van der Waals surface area (Å²) in [5.74, 6) is -1.50. The molecular formula is C15H19ClN2O3. The van der Waals surface area contributed by atoms with E-state index in [-0.39, 0.29) is 23.4 Å². The molecular weight excluding hydrogens is 292 g/mol. The second kappa shape index (κ2) is 6.91. The van der Waals surface area contributed by atoms with Crippen molar-refractivity contribution in [1.29, 1.82) is 0 Å². The fourth-order valence-electron chi connectivity index (χ4n) is 2.64. The number of amides is 1. The predicted molar refractivity (Wildman–Crippen MR) is 81.6 cm³/mol. The Hall–Kier alpha value is -1.59. The van der Waals surface area contributed by atoms with Crippen LogP contribution in [-0.4, -0.2) is 23.0 Å². The Morgan fingerprint density at radius 2 is 1.95 bits per heavy atom. The fourth-order valence-corrected chi connectivity index (χ4v) is 2.81. The van der Waals surface area contributed by atoms with Gasteiger partial charge in [-0.2, -0.15) is 0 Å². The van der Waals surface area contributed by atoms with Crippen LogP contribution in [0.5, 0.6) is 0 Å². The predicted octanol–water partition coefficient (Wildman–Crippen LogP) is 2.88. The number of rotatable bonds is 3. The maximum Gasteiger partial charge on any atom is 0.335 e. The first-order chi connectivity index (χ1) is 9.99. The van der Waals surface area contributed by atoms with Gasteiger partial charge in [-0.1, -0.05) is 30.9 Å². The van der Waals surface area contributed by atoms with Gasteiger partial charge in [0.15, 0.2) is 0 Å². The highest BCUT2D eigenvalue weighted by Crippen LogP contribution is 2.27. The summed E-state index contributed by atoms with van der Waals surface area (Å²) in [5.41, 5.74) is 6.46. The first-order valence-corrected chi connectivity index (χ1v) is 7.46. The number of anilines is 1. The number of nitrogens with one attached hydrogen (secondary N) is 1. The largest absolute Gasteiger partial charge is 0.478 e. The molecule has 2 unspecified atom stereocenters. The first kappa shape index (κ1) is 15.8. The molecule has 1 fully saturated rings. The van der Waals surface area contributed by atoms with Gasteiger partial charge in [0.1, 0.15) is 0 Å². The van der Waals surface area contributed by atoms with E-state index in [9.17, 15) is 9.59 Å². The van der Waals surface area contributed by atoms with Crippen LogP contribution in [0.25, 0.3) is 0 Å². The molecule has 114 valence electrons. The summed E-state index contributed by atoms with van der Waals surface area (Å²) in [5, 5.41) is 12.0. The molecule has 6 heteroatoms. The third-order valence-corrected chi connectivity index (χ3v) is 4.21. The zero-order valence-electron chi connectivity index (χ0n) is 11.6. The summed E-state index contributed by atoms with van der Waals surface area (Å²) < 4.78 is 0. The van der Waals surface area contributed by atoms with Gasteiger partial charge >= 0.3 is 5.97 Å². The van der Waals surface area contributed by atoms with Crippen LogP contribution >= 0.6 is 11.6 Å². The highest BCUT2D eigenvalue weighted by molar-refractivity contribution is 6.33. The van der Waals surface area contributed by atoms with Gasteiger partial charge in [0.05, 0.1) is 22.2 Å². The molecule has 21 heavy (non-hydrogen) atoms. The molecule has 1 aliphatic carbocycles. The van der Waals surface area contributed by atoms with Crippen molar-refractivity contribution in [3.63, 3.8) is 0 Å². The minimum absolute atomic E-state index is 0.0832. The first-order valence-electron chi connectivity index (χ1n) is 7.08. The third-order valence-electron chi connectivity index (χ3n) is 3.88. The van der Waals surface area contributed by atoms with Crippen LogP contribution < -0.4 is 11.1 Å². The lowest BCUT2D eigenvalue weighted by Gasteiger charge is -2.21. The smallest absolute Gasteiger partial charge is 0.335 e. The number of carbonyl (C=O) groups excluding carboxylic acids is 1. The molecule has 1 aromatic rings. The number of benzene rings is 1. The van der Waals surface area contributed by atoms with Crippen molar-refractivity contribution in [1.82, 2.24) is 0 Å². The molecule has 0 spiro atoms. The van der Waals surface area contributed by atoms with E-state index in [4.69, 9.17) is 22.4 Å². The van der Waals surface area contributed by atoms with Crippen LogP contribution in [0.1, 0.15) is 42.5 Å². The van der Waals surface area contributed by atoms with Crippen molar-refractivity contribution >= 4 is 29.2 Å². The van der Waals surface area contributed by atoms with Crippen LogP contribution in [0.2, 0.25) is 5.02 Å². The summed E-state index contributed by atoms with van der Waals surface area (Å²) in [4.78, 5) is 23.3. The second-order valence-electron chi connectivity index (χ2n) is 5.40. The van der Waals surface area contributed by atoms with E-state index in [0.29, 0.717) is 10.7 Å². The minimum Gasteiger partial charge on any atom is -0.478 e. The lowest BCUT2D eigenvalue weighted by Crippen LogP contribution is -2.37. The Bertz CT molecular complexity index is 548. The van der Waals surface area contributed by atoms with Crippen molar-refractivity contribution in [3.05, 3.63) is 28.8 Å². The quantitative estimate of drug-likeness (QED) is 0.748. The molecule has 4 N–H and O–H groups in total. The molecule has 0 aliphatic heterocycles. The number of hydrogen-bond acceptors (Lipinski definition) is 3. The molecule has 0 heterocycles. The highest BCUT2D eigenvalue weighted by atomic mass is 35.5. The van der Waals surface area contributed by atoms with E-state index in [2.05, 4.69) is 5.32 Å². The van der Waals surface area contributed by atoms with Crippen molar-refractivity contribution in [2.24, 2.45) is 11.7 Å². The number of hydrogen-bond donors (Lipinski definition) is 3. The molecule has 5 nitrogen and oxygen atoms in total. The Morgan fingerprint density at radius 1 is 1.24 bits per heavy atom. The third kappa shape index (κ3) is 3.95. The summed E-state index contributed by atoms with van der Waals surface area (Å²) >= 11 is 6.01. The average molecular weight is 311 g/mol. The normalized spacial score (nSPS) is 22.4. The van der Waals surface area contributed by atoms with E-state index < -0.39 is 5.97 Å². The lowest BCUT2D eigenvalue weighted by molar-refractivity contribution is -0.120. The van der Waals surface area contributed by atoms with E-state index in [1.165, 1.54) is 18.2 Å². The Labute approximate surface area is 128 Å². The zero-order chi connectivity index (χ0) is 15.4. The van der Waals surface area contributed by atoms with Crippen LogP contribution in [0.15, 0.2) is 18.2 Å². The van der Waals surface area contributed by atoms with Crippen LogP contribution in [0, 0.1) is 5.92 Å². The van der Waals surface area contributed by atoms with Crippen LogP contribution in [-0.2, 0) is 4.79 Å². The summed E-state index contributed by atoms with van der Waals surface area (Å²) in [7, 11) is 0. The van der Waals surface area contributed by atoms with Crippen molar-refractivity contribution in [3.8, 4) is 0 Å². The highest BCUT2D eigenvalue weighted by Gasteiger charge is 2.27. The molecule has 1 saturated carbocycles. The fraction of sp³-hybridized carbons (Fsp3) is 0.467. The van der Waals surface area contributed by atoms with E-state index >= 15 is 0 Å². The molecule has 0 bridgehead atoms. The molecule has 1 aromatic carbocycles. The standard InChI is InChI=1S/C15H19ClN2O3/c16-11-7-6-9(15(20)21)8-13(11)18-14(19)10-4-2-1-3-5-12(10)17/h6-8,10,12H,1-5,17H2,(H,18,19)(H,20,21). The van der Waals surface area contributed by atoms with Gasteiger partial charge < -0.3 is 16.2 Å². The number of aromatic carboxylic acids is 1. The van der Waals surface area contributed by atoms with Crippen molar-refractivity contribution < 1.29 is 14.7 Å². The average Bonchev–Trinajstić information content (AvgIpc) is 2.65.